The highest BCUT2D eigenvalue weighted by Crippen LogP contribution is 2.21. The van der Waals surface area contributed by atoms with Gasteiger partial charge in [0.2, 0.25) is 5.91 Å². The Kier molecular flexibility index (Phi) is 8.74. The molecule has 5 nitrogen and oxygen atoms in total. The quantitative estimate of drug-likeness (QED) is 0.534. The summed E-state index contributed by atoms with van der Waals surface area (Å²) < 4.78 is 5.42. The Morgan fingerprint density at radius 3 is 2.60 bits per heavy atom. The SMILES string of the molecule is C#CCN1CCC(C(=O)N[C@H]2CCN(CCCOCC)C[C@@H]2C)CC1. The van der Waals surface area contributed by atoms with E-state index >= 15 is 0 Å². The summed E-state index contributed by atoms with van der Waals surface area (Å²) in [6.07, 6.45) is 9.37. The molecule has 0 aromatic heterocycles. The first kappa shape index (κ1) is 20.2. The number of nitrogens with zero attached hydrogens (tertiary/aromatic N) is 2. The minimum absolute atomic E-state index is 0.158. The van der Waals surface area contributed by atoms with Gasteiger partial charge in [0.25, 0.3) is 0 Å². The molecule has 2 aliphatic heterocycles. The van der Waals surface area contributed by atoms with Crippen LogP contribution in [0.3, 0.4) is 0 Å². The standard InChI is InChI=1S/C20H35N3O2/c1-4-10-22-12-7-18(8-13-22)20(24)21-19-9-14-23(16-17(19)3)11-6-15-25-5-2/h1,17-19H,5-16H2,2-3H3,(H,21,24)/t17-,19-/m0/s1. The van der Waals surface area contributed by atoms with Crippen LogP contribution in [0.15, 0.2) is 0 Å². The number of likely N-dealkylation sites (tertiary alicyclic amines) is 2. The van der Waals surface area contributed by atoms with Crippen molar-refractivity contribution < 1.29 is 9.53 Å². The largest absolute Gasteiger partial charge is 0.382 e. The molecular weight excluding hydrogens is 314 g/mol. The van der Waals surface area contributed by atoms with Crippen molar-refractivity contribution in [2.75, 3.05) is 52.5 Å². The molecule has 0 unspecified atom stereocenters. The molecular formula is C20H35N3O2. The Labute approximate surface area is 153 Å². The lowest BCUT2D eigenvalue weighted by atomic mass is 9.91. The van der Waals surface area contributed by atoms with E-state index in [-0.39, 0.29) is 11.8 Å². The number of ether oxygens (including phenoxy) is 1. The van der Waals surface area contributed by atoms with E-state index in [9.17, 15) is 4.79 Å². The number of hydrogen-bond acceptors (Lipinski definition) is 4. The Morgan fingerprint density at radius 2 is 1.96 bits per heavy atom. The van der Waals surface area contributed by atoms with Crippen molar-refractivity contribution in [3.63, 3.8) is 0 Å². The van der Waals surface area contributed by atoms with E-state index < -0.39 is 0 Å². The number of piperidine rings is 2. The van der Waals surface area contributed by atoms with Gasteiger partial charge in [0, 0.05) is 44.8 Å². The fourth-order valence-electron chi connectivity index (χ4n) is 3.97. The van der Waals surface area contributed by atoms with Crippen LogP contribution in [0.25, 0.3) is 0 Å². The van der Waals surface area contributed by atoms with Crippen molar-refractivity contribution >= 4 is 5.91 Å². The lowest BCUT2D eigenvalue weighted by Crippen LogP contribution is -2.52. The molecule has 2 atom stereocenters. The third-order valence-electron chi connectivity index (χ3n) is 5.56. The molecule has 25 heavy (non-hydrogen) atoms. The summed E-state index contributed by atoms with van der Waals surface area (Å²) in [5.74, 6) is 3.61. The fourth-order valence-corrected chi connectivity index (χ4v) is 3.97. The van der Waals surface area contributed by atoms with Gasteiger partial charge < -0.3 is 15.0 Å². The van der Waals surface area contributed by atoms with Crippen molar-refractivity contribution in [3.05, 3.63) is 0 Å². The number of amides is 1. The van der Waals surface area contributed by atoms with Crippen LogP contribution < -0.4 is 5.32 Å². The molecule has 1 amide bonds. The van der Waals surface area contributed by atoms with E-state index in [4.69, 9.17) is 11.2 Å². The molecule has 0 aromatic carbocycles. The maximum atomic E-state index is 12.6. The monoisotopic (exact) mass is 349 g/mol. The molecule has 2 aliphatic rings. The van der Waals surface area contributed by atoms with Gasteiger partial charge in [-0.1, -0.05) is 12.8 Å². The van der Waals surface area contributed by atoms with E-state index in [2.05, 4.69) is 28.0 Å². The molecule has 0 saturated carbocycles. The first-order valence-electron chi connectivity index (χ1n) is 9.90. The van der Waals surface area contributed by atoms with E-state index in [1.807, 2.05) is 6.92 Å². The van der Waals surface area contributed by atoms with Crippen LogP contribution in [0.1, 0.15) is 39.5 Å². The van der Waals surface area contributed by atoms with Gasteiger partial charge in [-0.2, -0.15) is 0 Å². The highest BCUT2D eigenvalue weighted by molar-refractivity contribution is 5.79. The summed E-state index contributed by atoms with van der Waals surface area (Å²) in [6.45, 7) is 11.8. The topological polar surface area (TPSA) is 44.8 Å². The molecule has 0 aliphatic carbocycles. The van der Waals surface area contributed by atoms with Gasteiger partial charge in [-0.15, -0.1) is 6.42 Å². The summed E-state index contributed by atoms with van der Waals surface area (Å²) in [5, 5.41) is 3.33. The van der Waals surface area contributed by atoms with Gasteiger partial charge in [0.05, 0.1) is 6.54 Å². The van der Waals surface area contributed by atoms with Gasteiger partial charge in [-0.3, -0.25) is 9.69 Å². The van der Waals surface area contributed by atoms with Gasteiger partial charge in [0.15, 0.2) is 0 Å². The number of carbonyl (C=O) groups excluding carboxylic acids is 1. The Bertz CT molecular complexity index is 441. The van der Waals surface area contributed by atoms with Crippen LogP contribution in [-0.4, -0.2) is 74.2 Å². The van der Waals surface area contributed by atoms with E-state index in [0.29, 0.717) is 18.5 Å². The highest BCUT2D eigenvalue weighted by Gasteiger charge is 2.30. The molecule has 5 heteroatoms. The Balaban J connectivity index is 1.67. The smallest absolute Gasteiger partial charge is 0.223 e. The van der Waals surface area contributed by atoms with Crippen LogP contribution >= 0.6 is 0 Å². The predicted octanol–water partition coefficient (Wildman–Crippen LogP) is 1.58. The van der Waals surface area contributed by atoms with Gasteiger partial charge in [0.1, 0.15) is 0 Å². The molecule has 2 rings (SSSR count). The second-order valence-corrected chi connectivity index (χ2v) is 7.49. The van der Waals surface area contributed by atoms with Crippen LogP contribution in [0.4, 0.5) is 0 Å². The first-order valence-corrected chi connectivity index (χ1v) is 9.90. The molecule has 0 spiro atoms. The minimum Gasteiger partial charge on any atom is -0.382 e. The van der Waals surface area contributed by atoms with Gasteiger partial charge in [-0.25, -0.2) is 0 Å². The zero-order valence-electron chi connectivity index (χ0n) is 16.0. The Morgan fingerprint density at radius 1 is 1.24 bits per heavy atom. The fraction of sp³-hybridized carbons (Fsp3) is 0.850. The average Bonchev–Trinajstić information content (AvgIpc) is 2.62. The molecule has 142 valence electrons. The highest BCUT2D eigenvalue weighted by atomic mass is 16.5. The van der Waals surface area contributed by atoms with Crippen LogP contribution in [-0.2, 0) is 9.53 Å². The lowest BCUT2D eigenvalue weighted by molar-refractivity contribution is -0.127. The molecule has 2 saturated heterocycles. The second kappa shape index (κ2) is 10.8. The summed E-state index contributed by atoms with van der Waals surface area (Å²) in [7, 11) is 0. The summed E-state index contributed by atoms with van der Waals surface area (Å²) in [4.78, 5) is 17.4. The number of carbonyl (C=O) groups is 1. The zero-order chi connectivity index (χ0) is 18.1. The van der Waals surface area contributed by atoms with Crippen molar-refractivity contribution in [1.82, 2.24) is 15.1 Å². The normalized spacial score (nSPS) is 26.3. The zero-order valence-corrected chi connectivity index (χ0v) is 16.0. The summed E-state index contributed by atoms with van der Waals surface area (Å²) in [6, 6.07) is 0.319. The van der Waals surface area contributed by atoms with E-state index in [1.165, 1.54) is 0 Å². The van der Waals surface area contributed by atoms with Crippen molar-refractivity contribution in [1.29, 1.82) is 0 Å². The van der Waals surface area contributed by atoms with Crippen molar-refractivity contribution in [2.45, 2.75) is 45.6 Å². The second-order valence-electron chi connectivity index (χ2n) is 7.49. The number of rotatable bonds is 8. The first-order chi connectivity index (χ1) is 12.1. The number of hydrogen-bond donors (Lipinski definition) is 1. The molecule has 0 radical (unpaired) electrons. The third-order valence-corrected chi connectivity index (χ3v) is 5.56. The number of nitrogens with one attached hydrogen (secondary N) is 1. The van der Waals surface area contributed by atoms with Crippen LogP contribution in [0, 0.1) is 24.2 Å². The summed E-state index contributed by atoms with van der Waals surface area (Å²) >= 11 is 0. The molecule has 1 N–H and O–H groups in total. The third kappa shape index (κ3) is 6.62. The van der Waals surface area contributed by atoms with Gasteiger partial charge >= 0.3 is 0 Å². The van der Waals surface area contributed by atoms with E-state index in [1.54, 1.807) is 0 Å². The van der Waals surface area contributed by atoms with Crippen molar-refractivity contribution in [3.8, 4) is 12.3 Å². The van der Waals surface area contributed by atoms with Crippen LogP contribution in [0.5, 0.6) is 0 Å². The molecule has 0 bridgehead atoms. The lowest BCUT2D eigenvalue weighted by Gasteiger charge is -2.38. The average molecular weight is 350 g/mol. The Hall–Kier alpha value is -1.09. The van der Waals surface area contributed by atoms with E-state index in [0.717, 1.165) is 71.6 Å². The summed E-state index contributed by atoms with van der Waals surface area (Å²) in [5.41, 5.74) is 0. The maximum Gasteiger partial charge on any atom is 0.223 e. The van der Waals surface area contributed by atoms with Crippen molar-refractivity contribution in [2.24, 2.45) is 11.8 Å². The minimum atomic E-state index is 0.158. The number of terminal acetylenes is 1. The maximum absolute atomic E-state index is 12.6. The molecule has 2 heterocycles. The van der Waals surface area contributed by atoms with Crippen LogP contribution in [0.2, 0.25) is 0 Å². The predicted molar refractivity (Wildman–Crippen MR) is 101 cm³/mol. The van der Waals surface area contributed by atoms with Gasteiger partial charge in [-0.05, 0) is 51.6 Å². The molecule has 0 aromatic rings. The molecule has 2 fully saturated rings.